The van der Waals surface area contributed by atoms with Crippen molar-refractivity contribution in [2.24, 2.45) is 5.92 Å². The van der Waals surface area contributed by atoms with Crippen LogP contribution in [0.15, 0.2) is 23.1 Å². The second-order valence-electron chi connectivity index (χ2n) is 6.69. The topological polar surface area (TPSA) is 96.5 Å². The van der Waals surface area contributed by atoms with E-state index in [9.17, 15) is 13.2 Å². The Morgan fingerprint density at radius 3 is 2.68 bits per heavy atom. The highest BCUT2D eigenvalue weighted by molar-refractivity contribution is 7.89. The van der Waals surface area contributed by atoms with Crippen LogP contribution in [0, 0.1) is 5.92 Å². The molecule has 25 heavy (non-hydrogen) atoms. The van der Waals surface area contributed by atoms with Crippen molar-refractivity contribution in [2.45, 2.75) is 44.2 Å². The molecule has 1 aliphatic rings. The molecular weight excluding hydrogens is 342 g/mol. The highest BCUT2D eigenvalue weighted by Crippen LogP contribution is 2.25. The van der Waals surface area contributed by atoms with Crippen molar-refractivity contribution in [3.8, 4) is 5.75 Å². The van der Waals surface area contributed by atoms with E-state index in [0.717, 1.165) is 13.0 Å². The predicted molar refractivity (Wildman–Crippen MR) is 96.4 cm³/mol. The number of sulfonamides is 1. The van der Waals surface area contributed by atoms with Gasteiger partial charge in [0.25, 0.3) is 5.91 Å². The Labute approximate surface area is 149 Å². The Morgan fingerprint density at radius 2 is 2.08 bits per heavy atom. The molecule has 0 bridgehead atoms. The van der Waals surface area contributed by atoms with E-state index in [4.69, 9.17) is 4.74 Å². The minimum Gasteiger partial charge on any atom is -0.495 e. The van der Waals surface area contributed by atoms with Crippen LogP contribution in [-0.4, -0.2) is 46.6 Å². The van der Waals surface area contributed by atoms with Crippen molar-refractivity contribution in [1.82, 2.24) is 15.4 Å². The molecule has 1 aromatic carbocycles. The van der Waals surface area contributed by atoms with Crippen LogP contribution in [0.2, 0.25) is 0 Å². The monoisotopic (exact) mass is 369 g/mol. The molecule has 1 aliphatic heterocycles. The molecular formula is C17H27N3O4S. The Morgan fingerprint density at radius 1 is 1.36 bits per heavy atom. The maximum Gasteiger partial charge on any atom is 0.251 e. The first-order valence-electron chi connectivity index (χ1n) is 8.46. The number of hydrogen-bond acceptors (Lipinski definition) is 5. The van der Waals surface area contributed by atoms with Crippen LogP contribution in [0.25, 0.3) is 0 Å². The summed E-state index contributed by atoms with van der Waals surface area (Å²) in [6.07, 6.45) is 0.992. The summed E-state index contributed by atoms with van der Waals surface area (Å²) in [6, 6.07) is 4.20. The molecule has 1 aromatic rings. The van der Waals surface area contributed by atoms with Gasteiger partial charge in [-0.15, -0.1) is 0 Å². The summed E-state index contributed by atoms with van der Waals surface area (Å²) in [5.41, 5.74) is 0.294. The van der Waals surface area contributed by atoms with Crippen molar-refractivity contribution < 1.29 is 17.9 Å². The average molecular weight is 369 g/mol. The lowest BCUT2D eigenvalue weighted by molar-refractivity contribution is 0.0915. The molecule has 1 saturated heterocycles. The van der Waals surface area contributed by atoms with Gasteiger partial charge in [0.1, 0.15) is 10.6 Å². The van der Waals surface area contributed by atoms with E-state index >= 15 is 0 Å². The van der Waals surface area contributed by atoms with E-state index in [-0.39, 0.29) is 28.6 Å². The molecule has 3 N–H and O–H groups in total. The maximum absolute atomic E-state index is 12.6. The molecule has 1 amide bonds. The third-order valence-corrected chi connectivity index (χ3v) is 5.93. The van der Waals surface area contributed by atoms with Gasteiger partial charge in [-0.25, -0.2) is 13.1 Å². The van der Waals surface area contributed by atoms with E-state index < -0.39 is 10.0 Å². The van der Waals surface area contributed by atoms with Crippen LogP contribution in [-0.2, 0) is 10.0 Å². The van der Waals surface area contributed by atoms with E-state index in [2.05, 4.69) is 22.3 Å². The molecule has 1 fully saturated rings. The first-order chi connectivity index (χ1) is 11.7. The van der Waals surface area contributed by atoms with Gasteiger partial charge in [-0.05, 0) is 50.9 Å². The average Bonchev–Trinajstić information content (AvgIpc) is 2.55. The zero-order valence-corrected chi connectivity index (χ0v) is 15.9. The van der Waals surface area contributed by atoms with E-state index in [1.165, 1.54) is 19.2 Å². The van der Waals surface area contributed by atoms with E-state index in [1.54, 1.807) is 19.9 Å². The lowest BCUT2D eigenvalue weighted by Gasteiger charge is -2.30. The molecule has 8 heteroatoms. The van der Waals surface area contributed by atoms with Crippen molar-refractivity contribution in [1.29, 1.82) is 0 Å². The Balaban J connectivity index is 2.27. The van der Waals surface area contributed by atoms with Crippen molar-refractivity contribution in [2.75, 3.05) is 20.2 Å². The lowest BCUT2D eigenvalue weighted by atomic mass is 9.94. The number of rotatable bonds is 6. The Hall–Kier alpha value is -1.64. The summed E-state index contributed by atoms with van der Waals surface area (Å²) in [4.78, 5) is 12.5. The molecule has 7 nitrogen and oxygen atoms in total. The summed E-state index contributed by atoms with van der Waals surface area (Å²) in [6.45, 7) is 7.22. The van der Waals surface area contributed by atoms with Crippen LogP contribution < -0.4 is 20.1 Å². The number of ether oxygens (including phenoxy) is 1. The number of amides is 1. The first-order valence-corrected chi connectivity index (χ1v) is 9.95. The molecule has 0 radical (unpaired) electrons. The van der Waals surface area contributed by atoms with Gasteiger partial charge in [0.2, 0.25) is 10.0 Å². The number of benzene rings is 1. The minimum absolute atomic E-state index is 0.0252. The van der Waals surface area contributed by atoms with Gasteiger partial charge in [-0.2, -0.15) is 0 Å². The fourth-order valence-corrected chi connectivity index (χ4v) is 4.28. The minimum atomic E-state index is -3.77. The fraction of sp³-hybridized carbons (Fsp3) is 0.588. The number of piperidine rings is 1. The molecule has 2 rings (SSSR count). The molecule has 0 aromatic heterocycles. The SMILES string of the molecule is COc1ccc(C(=O)NC2CNCCC2C)cc1S(=O)(=O)NC(C)C. The molecule has 0 saturated carbocycles. The van der Waals surface area contributed by atoms with Crippen LogP contribution in [0.5, 0.6) is 5.75 Å². The van der Waals surface area contributed by atoms with E-state index in [1.807, 2.05) is 0 Å². The second kappa shape index (κ2) is 8.16. The molecule has 0 aliphatic carbocycles. The summed E-state index contributed by atoms with van der Waals surface area (Å²) in [5.74, 6) is 0.288. The van der Waals surface area contributed by atoms with Gasteiger partial charge in [-0.1, -0.05) is 6.92 Å². The van der Waals surface area contributed by atoms with Crippen molar-refractivity contribution >= 4 is 15.9 Å². The molecule has 2 atom stereocenters. The largest absolute Gasteiger partial charge is 0.495 e. The smallest absolute Gasteiger partial charge is 0.251 e. The maximum atomic E-state index is 12.6. The van der Waals surface area contributed by atoms with Crippen LogP contribution in [0.3, 0.4) is 0 Å². The second-order valence-corrected chi connectivity index (χ2v) is 8.37. The predicted octanol–water partition coefficient (Wildman–Crippen LogP) is 1.11. The summed E-state index contributed by atoms with van der Waals surface area (Å²) >= 11 is 0. The van der Waals surface area contributed by atoms with Gasteiger partial charge in [-0.3, -0.25) is 4.79 Å². The van der Waals surface area contributed by atoms with Crippen molar-refractivity contribution in [3.63, 3.8) is 0 Å². The van der Waals surface area contributed by atoms with E-state index in [0.29, 0.717) is 18.0 Å². The Kier molecular flexibility index (Phi) is 6.42. The van der Waals surface area contributed by atoms with Gasteiger partial charge in [0.05, 0.1) is 7.11 Å². The molecule has 0 spiro atoms. The number of methoxy groups -OCH3 is 1. The summed E-state index contributed by atoms with van der Waals surface area (Å²) in [5, 5.41) is 6.24. The zero-order chi connectivity index (χ0) is 18.6. The fourth-order valence-electron chi connectivity index (χ4n) is 2.84. The highest BCUT2D eigenvalue weighted by Gasteiger charge is 2.25. The standard InChI is InChI=1S/C17H27N3O4S/c1-11(2)20-25(22,23)16-9-13(5-6-15(16)24-4)17(21)19-14-10-18-8-7-12(14)3/h5-6,9,11-12,14,18,20H,7-8,10H2,1-4H3,(H,19,21). The third-order valence-electron chi connectivity index (χ3n) is 4.25. The van der Waals surface area contributed by atoms with Crippen LogP contribution in [0.1, 0.15) is 37.6 Å². The van der Waals surface area contributed by atoms with Crippen molar-refractivity contribution in [3.05, 3.63) is 23.8 Å². The van der Waals surface area contributed by atoms with Gasteiger partial charge < -0.3 is 15.4 Å². The zero-order valence-electron chi connectivity index (χ0n) is 15.1. The molecule has 140 valence electrons. The number of carbonyl (C=O) groups is 1. The molecule has 2 unspecified atom stereocenters. The highest BCUT2D eigenvalue weighted by atomic mass is 32.2. The lowest BCUT2D eigenvalue weighted by Crippen LogP contribution is -2.50. The number of carbonyl (C=O) groups excluding carboxylic acids is 1. The normalized spacial score (nSPS) is 21.2. The van der Waals surface area contributed by atoms with Gasteiger partial charge in [0.15, 0.2) is 0 Å². The van der Waals surface area contributed by atoms with Crippen LogP contribution >= 0.6 is 0 Å². The first kappa shape index (κ1) is 19.7. The Bertz CT molecular complexity index is 719. The molecule has 1 heterocycles. The van der Waals surface area contributed by atoms with Crippen LogP contribution in [0.4, 0.5) is 0 Å². The third kappa shape index (κ3) is 4.93. The quantitative estimate of drug-likeness (QED) is 0.698. The summed E-state index contributed by atoms with van der Waals surface area (Å²) < 4.78 is 32.7. The number of nitrogens with one attached hydrogen (secondary N) is 3. The number of hydrogen-bond donors (Lipinski definition) is 3. The van der Waals surface area contributed by atoms with Gasteiger partial charge in [0, 0.05) is 24.2 Å². The van der Waals surface area contributed by atoms with Gasteiger partial charge >= 0.3 is 0 Å². The summed E-state index contributed by atoms with van der Waals surface area (Å²) in [7, 11) is -2.37.